The molecule has 2 aliphatic rings. The molecule has 2 saturated heterocycles. The van der Waals surface area contributed by atoms with Gasteiger partial charge >= 0.3 is 0 Å². The van der Waals surface area contributed by atoms with Crippen molar-refractivity contribution < 1.29 is 5.32 Å². The van der Waals surface area contributed by atoms with Crippen LogP contribution in [0.15, 0.2) is 0 Å². The Bertz CT molecular complexity index is 171. The topological polar surface area (TPSA) is 45.9 Å². The summed E-state index contributed by atoms with van der Waals surface area (Å²) in [6, 6.07) is 1.15. The van der Waals surface area contributed by atoms with E-state index in [0.717, 1.165) is 5.92 Å². The van der Waals surface area contributed by atoms with Gasteiger partial charge in [0, 0.05) is 24.9 Å². The summed E-state index contributed by atoms with van der Waals surface area (Å²) in [6.45, 7) is 3.51. The molecule has 0 aromatic rings. The van der Waals surface area contributed by atoms with E-state index in [1.54, 1.807) is 0 Å². The second-order valence-corrected chi connectivity index (χ2v) is 4.49. The molecule has 2 rings (SSSR count). The molecule has 3 heteroatoms. The van der Waals surface area contributed by atoms with Crippen LogP contribution in [0.1, 0.15) is 19.8 Å². The standard InChI is InChI=1S/C9H19N3/c1-6-5-8(10)7-3-4-12(2)9(7)11-6/h6-9,11H,3-5,10H2,1-2H3/p+1. The van der Waals surface area contributed by atoms with E-state index in [4.69, 9.17) is 5.73 Å². The Balaban J connectivity index is 2.08. The van der Waals surface area contributed by atoms with Crippen molar-refractivity contribution in [2.75, 3.05) is 13.6 Å². The molecule has 0 radical (unpaired) electrons. The first kappa shape index (κ1) is 8.48. The van der Waals surface area contributed by atoms with E-state index in [2.05, 4.69) is 24.2 Å². The van der Waals surface area contributed by atoms with Gasteiger partial charge in [-0.3, -0.25) is 4.90 Å². The predicted octanol–water partition coefficient (Wildman–Crippen LogP) is -1.05. The molecular weight excluding hydrogens is 150 g/mol. The number of nitrogens with zero attached hydrogens (tertiary/aromatic N) is 1. The van der Waals surface area contributed by atoms with Gasteiger partial charge in [0.05, 0.1) is 6.04 Å². The molecule has 2 heterocycles. The number of hydrogen-bond acceptors (Lipinski definition) is 2. The van der Waals surface area contributed by atoms with Gasteiger partial charge in [-0.2, -0.15) is 0 Å². The van der Waals surface area contributed by atoms with Crippen LogP contribution in [0, 0.1) is 5.92 Å². The van der Waals surface area contributed by atoms with Gasteiger partial charge in [-0.05, 0) is 20.4 Å². The molecule has 4 unspecified atom stereocenters. The SMILES string of the molecule is CC1CC(N)C2CCN(C)C2[NH2+]1. The highest BCUT2D eigenvalue weighted by Crippen LogP contribution is 2.25. The first-order chi connectivity index (χ1) is 5.68. The molecule has 0 aliphatic carbocycles. The van der Waals surface area contributed by atoms with Gasteiger partial charge in [0.15, 0.2) is 0 Å². The Morgan fingerprint density at radius 2 is 2.25 bits per heavy atom. The average molecular weight is 170 g/mol. The molecule has 3 nitrogen and oxygen atoms in total. The summed E-state index contributed by atoms with van der Waals surface area (Å²) < 4.78 is 0. The van der Waals surface area contributed by atoms with Gasteiger partial charge in [-0.1, -0.05) is 0 Å². The number of quaternary nitrogens is 1. The zero-order valence-electron chi connectivity index (χ0n) is 8.03. The lowest BCUT2D eigenvalue weighted by Gasteiger charge is -2.35. The van der Waals surface area contributed by atoms with Crippen molar-refractivity contribution in [3.63, 3.8) is 0 Å². The lowest BCUT2D eigenvalue weighted by atomic mass is 9.88. The summed E-state index contributed by atoms with van der Waals surface area (Å²) in [5, 5.41) is 2.49. The molecule has 0 saturated carbocycles. The molecule has 70 valence electrons. The van der Waals surface area contributed by atoms with Crippen LogP contribution in [0.25, 0.3) is 0 Å². The zero-order chi connectivity index (χ0) is 8.72. The molecule has 4 atom stereocenters. The zero-order valence-corrected chi connectivity index (χ0v) is 8.03. The minimum absolute atomic E-state index is 0.444. The Morgan fingerprint density at radius 3 is 3.00 bits per heavy atom. The van der Waals surface area contributed by atoms with E-state index in [1.807, 2.05) is 0 Å². The summed E-state index contributed by atoms with van der Waals surface area (Å²) in [5.41, 5.74) is 6.13. The van der Waals surface area contributed by atoms with Gasteiger partial charge in [0.1, 0.15) is 6.17 Å². The van der Waals surface area contributed by atoms with Gasteiger partial charge in [0.25, 0.3) is 0 Å². The molecule has 0 bridgehead atoms. The number of likely N-dealkylation sites (tertiary alicyclic amines) is 1. The summed E-state index contributed by atoms with van der Waals surface area (Å²) in [4.78, 5) is 2.44. The van der Waals surface area contributed by atoms with E-state index in [-0.39, 0.29) is 0 Å². The Kier molecular flexibility index (Phi) is 2.10. The minimum Gasteiger partial charge on any atom is -0.329 e. The summed E-state index contributed by atoms with van der Waals surface area (Å²) in [7, 11) is 2.21. The van der Waals surface area contributed by atoms with Gasteiger partial charge in [0.2, 0.25) is 0 Å². The second kappa shape index (κ2) is 2.98. The summed E-state index contributed by atoms with van der Waals surface area (Å²) >= 11 is 0. The molecule has 2 fully saturated rings. The Hall–Kier alpha value is -0.120. The summed E-state index contributed by atoms with van der Waals surface area (Å²) in [6.07, 6.45) is 3.16. The molecule has 0 amide bonds. The van der Waals surface area contributed by atoms with Crippen LogP contribution >= 0.6 is 0 Å². The lowest BCUT2D eigenvalue weighted by Crippen LogP contribution is -3.00. The van der Waals surface area contributed by atoms with Crippen LogP contribution in [0.4, 0.5) is 0 Å². The van der Waals surface area contributed by atoms with Crippen LogP contribution in [0.5, 0.6) is 0 Å². The first-order valence-corrected chi connectivity index (χ1v) is 4.99. The fraction of sp³-hybridized carbons (Fsp3) is 1.00. The monoisotopic (exact) mass is 170 g/mol. The third-order valence-electron chi connectivity index (χ3n) is 3.48. The fourth-order valence-corrected chi connectivity index (χ4v) is 2.78. The van der Waals surface area contributed by atoms with Crippen LogP contribution < -0.4 is 11.1 Å². The van der Waals surface area contributed by atoms with Crippen molar-refractivity contribution in [2.24, 2.45) is 11.7 Å². The maximum absolute atomic E-state index is 6.13. The molecule has 0 spiro atoms. The average Bonchev–Trinajstić information content (AvgIpc) is 2.33. The van der Waals surface area contributed by atoms with Crippen molar-refractivity contribution in [1.82, 2.24) is 4.90 Å². The Morgan fingerprint density at radius 1 is 1.50 bits per heavy atom. The van der Waals surface area contributed by atoms with Gasteiger partial charge in [-0.15, -0.1) is 0 Å². The molecular formula is C9H20N3+. The van der Waals surface area contributed by atoms with E-state index >= 15 is 0 Å². The third kappa shape index (κ3) is 1.26. The van der Waals surface area contributed by atoms with Crippen molar-refractivity contribution in [2.45, 2.75) is 38.0 Å². The predicted molar refractivity (Wildman–Crippen MR) is 48.5 cm³/mol. The minimum atomic E-state index is 0.444. The van der Waals surface area contributed by atoms with Crippen molar-refractivity contribution >= 4 is 0 Å². The van der Waals surface area contributed by atoms with Crippen LogP contribution in [-0.2, 0) is 0 Å². The quantitative estimate of drug-likeness (QED) is 0.487. The molecule has 2 aliphatic heterocycles. The highest BCUT2D eigenvalue weighted by atomic mass is 15.3. The number of nitrogens with two attached hydrogens (primary N) is 2. The van der Waals surface area contributed by atoms with Crippen molar-refractivity contribution in [3.8, 4) is 0 Å². The third-order valence-corrected chi connectivity index (χ3v) is 3.48. The maximum Gasteiger partial charge on any atom is 0.146 e. The molecule has 0 aromatic heterocycles. The van der Waals surface area contributed by atoms with Crippen molar-refractivity contribution in [3.05, 3.63) is 0 Å². The van der Waals surface area contributed by atoms with E-state index in [1.165, 1.54) is 19.4 Å². The highest BCUT2D eigenvalue weighted by Gasteiger charge is 2.43. The van der Waals surface area contributed by atoms with Gasteiger partial charge < -0.3 is 11.1 Å². The van der Waals surface area contributed by atoms with E-state index < -0.39 is 0 Å². The number of rotatable bonds is 0. The fourth-order valence-electron chi connectivity index (χ4n) is 2.78. The second-order valence-electron chi connectivity index (χ2n) is 4.49. The van der Waals surface area contributed by atoms with Crippen LogP contribution in [0.2, 0.25) is 0 Å². The van der Waals surface area contributed by atoms with Crippen LogP contribution in [-0.4, -0.2) is 36.7 Å². The smallest absolute Gasteiger partial charge is 0.146 e. The first-order valence-electron chi connectivity index (χ1n) is 4.99. The van der Waals surface area contributed by atoms with Crippen molar-refractivity contribution in [1.29, 1.82) is 0 Å². The Labute approximate surface area is 74.3 Å². The molecule has 12 heavy (non-hydrogen) atoms. The molecule has 4 N–H and O–H groups in total. The lowest BCUT2D eigenvalue weighted by molar-refractivity contribution is -0.747. The number of fused-ring (bicyclic) bond motifs is 1. The highest BCUT2D eigenvalue weighted by molar-refractivity contribution is 4.88. The summed E-state index contributed by atoms with van der Waals surface area (Å²) in [5.74, 6) is 0.742. The van der Waals surface area contributed by atoms with Crippen LogP contribution in [0.3, 0.4) is 0 Å². The normalized spacial score (nSPS) is 49.2. The number of hydrogen-bond donors (Lipinski definition) is 2. The van der Waals surface area contributed by atoms with Gasteiger partial charge in [-0.25, -0.2) is 0 Å². The van der Waals surface area contributed by atoms with E-state index in [9.17, 15) is 0 Å². The molecule has 0 aromatic carbocycles. The largest absolute Gasteiger partial charge is 0.329 e. The maximum atomic E-state index is 6.13. The van der Waals surface area contributed by atoms with E-state index in [0.29, 0.717) is 18.2 Å². The number of piperidine rings is 1.